The smallest absolute Gasteiger partial charge is 0.246 e. The minimum absolute atomic E-state index is 0.142. The average molecular weight is 383 g/mol. The summed E-state index contributed by atoms with van der Waals surface area (Å²) >= 11 is 3.17. The zero-order chi connectivity index (χ0) is 17.8. The van der Waals surface area contributed by atoms with E-state index in [-0.39, 0.29) is 18.9 Å². The molecule has 0 aromatic carbocycles. The Labute approximate surface area is 156 Å². The van der Waals surface area contributed by atoms with Gasteiger partial charge in [0.15, 0.2) is 0 Å². The first-order valence-electron chi connectivity index (χ1n) is 7.76. The van der Waals surface area contributed by atoms with E-state index in [2.05, 4.69) is 25.4 Å². The molecule has 0 aliphatic heterocycles. The molecule has 4 aromatic rings. The Hall–Kier alpha value is -2.91. The standard InChI is InChI=1S/C17H13N5O2S2/c23-14(8-12-10-26-17(20-12)13-2-1-7-25-13)19-9-15-21-16(22-24-15)11-3-5-18-6-4-11/h1-7,10H,8-9H2,(H,19,23). The summed E-state index contributed by atoms with van der Waals surface area (Å²) in [5, 5.41) is 11.5. The summed E-state index contributed by atoms with van der Waals surface area (Å²) in [7, 11) is 0. The second-order valence-electron chi connectivity index (χ2n) is 5.32. The molecule has 0 aliphatic rings. The molecule has 0 bridgehead atoms. The number of carbonyl (C=O) groups is 1. The van der Waals surface area contributed by atoms with Gasteiger partial charge in [-0.1, -0.05) is 11.2 Å². The average Bonchev–Trinajstić information content (AvgIpc) is 3.41. The highest BCUT2D eigenvalue weighted by molar-refractivity contribution is 7.20. The van der Waals surface area contributed by atoms with Crippen LogP contribution in [0.2, 0.25) is 0 Å². The Morgan fingerprint density at radius 3 is 2.85 bits per heavy atom. The lowest BCUT2D eigenvalue weighted by molar-refractivity contribution is -0.120. The highest BCUT2D eigenvalue weighted by Crippen LogP contribution is 2.27. The monoisotopic (exact) mass is 383 g/mol. The molecule has 26 heavy (non-hydrogen) atoms. The number of hydrogen-bond donors (Lipinski definition) is 1. The Morgan fingerprint density at radius 2 is 2.04 bits per heavy atom. The van der Waals surface area contributed by atoms with Gasteiger partial charge in [0, 0.05) is 23.3 Å². The van der Waals surface area contributed by atoms with Crippen molar-refractivity contribution in [1.82, 2.24) is 25.4 Å². The van der Waals surface area contributed by atoms with Crippen molar-refractivity contribution in [3.8, 4) is 21.3 Å². The minimum atomic E-state index is -0.142. The van der Waals surface area contributed by atoms with Gasteiger partial charge in [-0.25, -0.2) is 4.98 Å². The summed E-state index contributed by atoms with van der Waals surface area (Å²) in [6.07, 6.45) is 3.53. The fraction of sp³-hybridized carbons (Fsp3) is 0.118. The van der Waals surface area contributed by atoms with Gasteiger partial charge in [-0.05, 0) is 23.6 Å². The van der Waals surface area contributed by atoms with Gasteiger partial charge < -0.3 is 9.84 Å². The van der Waals surface area contributed by atoms with Crippen LogP contribution in [0.1, 0.15) is 11.6 Å². The maximum Gasteiger partial charge on any atom is 0.246 e. The van der Waals surface area contributed by atoms with E-state index in [9.17, 15) is 4.79 Å². The van der Waals surface area contributed by atoms with Crippen LogP contribution < -0.4 is 5.32 Å². The number of nitrogens with one attached hydrogen (secondary N) is 1. The van der Waals surface area contributed by atoms with Crippen molar-refractivity contribution < 1.29 is 9.32 Å². The van der Waals surface area contributed by atoms with E-state index in [1.54, 1.807) is 35.9 Å². The quantitative estimate of drug-likeness (QED) is 0.550. The topological polar surface area (TPSA) is 93.8 Å². The van der Waals surface area contributed by atoms with Crippen molar-refractivity contribution in [2.24, 2.45) is 0 Å². The summed E-state index contributed by atoms with van der Waals surface area (Å²) in [5.74, 6) is 0.677. The van der Waals surface area contributed by atoms with Crippen molar-refractivity contribution in [3.63, 3.8) is 0 Å². The van der Waals surface area contributed by atoms with Gasteiger partial charge in [0.05, 0.1) is 23.5 Å². The van der Waals surface area contributed by atoms with E-state index < -0.39 is 0 Å². The van der Waals surface area contributed by atoms with Gasteiger partial charge in [-0.2, -0.15) is 4.98 Å². The Balaban J connectivity index is 1.32. The third-order valence-corrected chi connectivity index (χ3v) is 5.40. The third-order valence-electron chi connectivity index (χ3n) is 3.47. The number of aromatic nitrogens is 4. The van der Waals surface area contributed by atoms with E-state index in [1.807, 2.05) is 22.9 Å². The van der Waals surface area contributed by atoms with Gasteiger partial charge >= 0.3 is 0 Å². The first-order valence-corrected chi connectivity index (χ1v) is 9.52. The molecule has 0 radical (unpaired) electrons. The molecular formula is C17H13N5O2S2. The molecule has 4 rings (SSSR count). The number of thiophene rings is 1. The highest BCUT2D eigenvalue weighted by Gasteiger charge is 2.12. The number of hydrogen-bond acceptors (Lipinski definition) is 8. The Bertz CT molecular complexity index is 995. The molecule has 130 valence electrons. The maximum absolute atomic E-state index is 12.1. The van der Waals surface area contributed by atoms with Gasteiger partial charge in [-0.3, -0.25) is 9.78 Å². The van der Waals surface area contributed by atoms with Gasteiger partial charge in [0.1, 0.15) is 5.01 Å². The second kappa shape index (κ2) is 7.54. The van der Waals surface area contributed by atoms with Crippen LogP contribution in [0.25, 0.3) is 21.3 Å². The van der Waals surface area contributed by atoms with E-state index in [0.717, 1.165) is 21.1 Å². The SMILES string of the molecule is O=C(Cc1csc(-c2cccs2)n1)NCc1nc(-c2ccncc2)no1. The molecule has 9 heteroatoms. The van der Waals surface area contributed by atoms with Crippen LogP contribution in [0.4, 0.5) is 0 Å². The number of carbonyl (C=O) groups excluding carboxylic acids is 1. The van der Waals surface area contributed by atoms with Crippen LogP contribution in [0.15, 0.2) is 51.9 Å². The van der Waals surface area contributed by atoms with E-state index in [4.69, 9.17) is 4.52 Å². The fourth-order valence-electron chi connectivity index (χ4n) is 2.25. The van der Waals surface area contributed by atoms with Crippen LogP contribution in [-0.4, -0.2) is 26.0 Å². The van der Waals surface area contributed by atoms with Crippen molar-refractivity contribution in [2.45, 2.75) is 13.0 Å². The molecule has 0 atom stereocenters. The Morgan fingerprint density at radius 1 is 1.15 bits per heavy atom. The third kappa shape index (κ3) is 3.84. The highest BCUT2D eigenvalue weighted by atomic mass is 32.1. The van der Waals surface area contributed by atoms with Crippen molar-refractivity contribution in [1.29, 1.82) is 0 Å². The number of thiazole rings is 1. The molecular weight excluding hydrogens is 370 g/mol. The summed E-state index contributed by atoms with van der Waals surface area (Å²) < 4.78 is 5.16. The minimum Gasteiger partial charge on any atom is -0.347 e. The molecule has 0 fully saturated rings. The predicted molar refractivity (Wildman–Crippen MR) is 98.5 cm³/mol. The molecule has 0 spiro atoms. The fourth-order valence-corrected chi connectivity index (χ4v) is 3.88. The molecule has 4 heterocycles. The van der Waals surface area contributed by atoms with Gasteiger partial charge in [0.25, 0.3) is 0 Å². The lowest BCUT2D eigenvalue weighted by Crippen LogP contribution is -2.24. The van der Waals surface area contributed by atoms with Crippen LogP contribution >= 0.6 is 22.7 Å². The number of pyridine rings is 1. The first-order chi connectivity index (χ1) is 12.8. The van der Waals surface area contributed by atoms with Gasteiger partial charge in [-0.15, -0.1) is 22.7 Å². The molecule has 0 unspecified atom stereocenters. The van der Waals surface area contributed by atoms with E-state index >= 15 is 0 Å². The first kappa shape index (κ1) is 16.6. The van der Waals surface area contributed by atoms with Crippen LogP contribution in [0.3, 0.4) is 0 Å². The predicted octanol–water partition coefficient (Wildman–Crippen LogP) is 3.18. The van der Waals surface area contributed by atoms with Crippen LogP contribution in [-0.2, 0) is 17.8 Å². The molecule has 1 N–H and O–H groups in total. The normalized spacial score (nSPS) is 10.8. The van der Waals surface area contributed by atoms with Crippen LogP contribution in [0.5, 0.6) is 0 Å². The number of amides is 1. The number of nitrogens with zero attached hydrogens (tertiary/aromatic N) is 4. The largest absolute Gasteiger partial charge is 0.347 e. The molecule has 4 aromatic heterocycles. The maximum atomic E-state index is 12.1. The summed E-state index contributed by atoms with van der Waals surface area (Å²) in [5.41, 5.74) is 1.56. The van der Waals surface area contributed by atoms with Crippen molar-refractivity contribution >= 4 is 28.6 Å². The summed E-state index contributed by atoms with van der Waals surface area (Å²) in [6, 6.07) is 7.59. The second-order valence-corrected chi connectivity index (χ2v) is 7.13. The van der Waals surface area contributed by atoms with Gasteiger partial charge in [0.2, 0.25) is 17.6 Å². The van der Waals surface area contributed by atoms with E-state index in [0.29, 0.717) is 11.7 Å². The van der Waals surface area contributed by atoms with Crippen molar-refractivity contribution in [2.75, 3.05) is 0 Å². The van der Waals surface area contributed by atoms with Crippen LogP contribution in [0, 0.1) is 0 Å². The molecule has 0 saturated heterocycles. The number of rotatable bonds is 6. The molecule has 1 amide bonds. The molecule has 7 nitrogen and oxygen atoms in total. The molecule has 0 aliphatic carbocycles. The lowest BCUT2D eigenvalue weighted by atomic mass is 10.2. The summed E-state index contributed by atoms with van der Waals surface area (Å²) in [4.78, 5) is 25.9. The summed E-state index contributed by atoms with van der Waals surface area (Å²) in [6.45, 7) is 0.179. The van der Waals surface area contributed by atoms with Crippen molar-refractivity contribution in [3.05, 3.63) is 59.0 Å². The zero-order valence-electron chi connectivity index (χ0n) is 13.5. The Kier molecular flexibility index (Phi) is 4.80. The zero-order valence-corrected chi connectivity index (χ0v) is 15.1. The van der Waals surface area contributed by atoms with E-state index in [1.165, 1.54) is 11.3 Å². The molecule has 0 saturated carbocycles. The lowest BCUT2D eigenvalue weighted by Gasteiger charge is -1.99.